The summed E-state index contributed by atoms with van der Waals surface area (Å²) < 4.78 is 55.4. The van der Waals surface area contributed by atoms with Gasteiger partial charge in [0.15, 0.2) is 5.69 Å². The van der Waals surface area contributed by atoms with Crippen molar-refractivity contribution >= 4 is 17.5 Å². The van der Waals surface area contributed by atoms with E-state index in [2.05, 4.69) is 5.10 Å². The maximum absolute atomic E-state index is 14.6. The first-order valence-electron chi connectivity index (χ1n) is 7.60. The average Bonchev–Trinajstić information content (AvgIpc) is 2.93. The summed E-state index contributed by atoms with van der Waals surface area (Å²) in [5, 5.41) is 3.82. The maximum atomic E-state index is 14.6. The number of primary amides is 1. The SMILES string of the molecule is Cn1nc(C(F)(F)F)c(C(N)=O)c1-c1cccc(F)c1-c1ccc(Cl)cc1. The van der Waals surface area contributed by atoms with Crippen LogP contribution in [0.15, 0.2) is 42.5 Å². The number of aromatic nitrogens is 2. The van der Waals surface area contributed by atoms with Crippen LogP contribution in [0.1, 0.15) is 16.1 Å². The van der Waals surface area contributed by atoms with Crippen LogP contribution in [0.5, 0.6) is 0 Å². The monoisotopic (exact) mass is 397 g/mol. The number of alkyl halides is 3. The Labute approximate surface area is 156 Å². The van der Waals surface area contributed by atoms with E-state index in [1.165, 1.54) is 49.5 Å². The van der Waals surface area contributed by atoms with E-state index < -0.39 is 29.2 Å². The molecule has 0 saturated heterocycles. The molecule has 140 valence electrons. The Kier molecular flexibility index (Phi) is 4.69. The molecule has 0 aliphatic carbocycles. The number of carbonyl (C=O) groups excluding carboxylic acids is 1. The summed E-state index contributed by atoms with van der Waals surface area (Å²) in [4.78, 5) is 11.8. The predicted octanol–water partition coefficient (Wildman–Crippen LogP) is 4.66. The second-order valence-corrected chi connectivity index (χ2v) is 6.16. The molecule has 0 saturated carbocycles. The lowest BCUT2D eigenvalue weighted by molar-refractivity contribution is -0.141. The number of nitrogens with two attached hydrogens (primary N) is 1. The molecular weight excluding hydrogens is 386 g/mol. The summed E-state index contributed by atoms with van der Waals surface area (Å²) in [6, 6.07) is 9.98. The minimum absolute atomic E-state index is 0.00777. The molecule has 0 atom stereocenters. The van der Waals surface area contributed by atoms with E-state index in [1.54, 1.807) is 0 Å². The van der Waals surface area contributed by atoms with Gasteiger partial charge < -0.3 is 5.73 Å². The largest absolute Gasteiger partial charge is 0.435 e. The van der Waals surface area contributed by atoms with E-state index in [9.17, 15) is 22.4 Å². The van der Waals surface area contributed by atoms with Crippen LogP contribution in [0.2, 0.25) is 5.02 Å². The van der Waals surface area contributed by atoms with Gasteiger partial charge in [-0.25, -0.2) is 4.39 Å². The fraction of sp³-hybridized carbons (Fsp3) is 0.111. The molecule has 0 aliphatic heterocycles. The first-order valence-corrected chi connectivity index (χ1v) is 7.98. The molecule has 2 aromatic carbocycles. The van der Waals surface area contributed by atoms with Gasteiger partial charge in [0.25, 0.3) is 5.91 Å². The van der Waals surface area contributed by atoms with Gasteiger partial charge >= 0.3 is 6.18 Å². The van der Waals surface area contributed by atoms with Crippen LogP contribution in [0, 0.1) is 5.82 Å². The molecule has 3 aromatic rings. The van der Waals surface area contributed by atoms with Crippen molar-refractivity contribution in [3.05, 3.63) is 64.6 Å². The van der Waals surface area contributed by atoms with E-state index in [1.807, 2.05) is 0 Å². The van der Waals surface area contributed by atoms with Crippen molar-refractivity contribution in [2.45, 2.75) is 6.18 Å². The zero-order valence-electron chi connectivity index (χ0n) is 13.8. The Morgan fingerprint density at radius 1 is 1.15 bits per heavy atom. The minimum Gasteiger partial charge on any atom is -0.365 e. The number of hydrogen-bond donors (Lipinski definition) is 1. The van der Waals surface area contributed by atoms with E-state index in [0.717, 1.165) is 4.68 Å². The Balaban J connectivity index is 2.37. The van der Waals surface area contributed by atoms with Crippen molar-refractivity contribution in [2.24, 2.45) is 12.8 Å². The molecule has 1 heterocycles. The second-order valence-electron chi connectivity index (χ2n) is 5.73. The van der Waals surface area contributed by atoms with Gasteiger partial charge in [-0.15, -0.1) is 0 Å². The molecule has 1 amide bonds. The van der Waals surface area contributed by atoms with Gasteiger partial charge in [-0.05, 0) is 23.8 Å². The Morgan fingerprint density at radius 3 is 2.33 bits per heavy atom. The molecule has 0 unspecified atom stereocenters. The molecule has 9 heteroatoms. The summed E-state index contributed by atoms with van der Waals surface area (Å²) >= 11 is 5.85. The standard InChI is InChI=1S/C18H12ClF4N3O/c1-26-15(14(17(24)27)16(25-26)18(21,22)23)11-3-2-4-12(20)13(11)9-5-7-10(19)8-6-9/h2-8H,1H3,(H2,24,27). The minimum atomic E-state index is -4.89. The lowest BCUT2D eigenvalue weighted by Gasteiger charge is -2.13. The first kappa shape index (κ1) is 18.9. The zero-order valence-corrected chi connectivity index (χ0v) is 14.6. The van der Waals surface area contributed by atoms with E-state index >= 15 is 0 Å². The van der Waals surface area contributed by atoms with Crippen molar-refractivity contribution in [1.82, 2.24) is 9.78 Å². The van der Waals surface area contributed by atoms with Gasteiger partial charge in [0, 0.05) is 23.2 Å². The number of nitrogens with zero attached hydrogens (tertiary/aromatic N) is 2. The van der Waals surface area contributed by atoms with Crippen LogP contribution >= 0.6 is 11.6 Å². The molecule has 1 aromatic heterocycles. The van der Waals surface area contributed by atoms with Gasteiger partial charge in [-0.1, -0.05) is 35.9 Å². The number of benzene rings is 2. The molecule has 0 fully saturated rings. The molecule has 0 spiro atoms. The summed E-state index contributed by atoms with van der Waals surface area (Å²) in [6.45, 7) is 0. The van der Waals surface area contributed by atoms with Crippen LogP contribution in [-0.2, 0) is 13.2 Å². The van der Waals surface area contributed by atoms with E-state index in [4.69, 9.17) is 17.3 Å². The van der Waals surface area contributed by atoms with Gasteiger partial charge in [0.2, 0.25) is 0 Å². The van der Waals surface area contributed by atoms with E-state index in [0.29, 0.717) is 10.6 Å². The van der Waals surface area contributed by atoms with Crippen LogP contribution in [-0.4, -0.2) is 15.7 Å². The Hall–Kier alpha value is -2.87. The van der Waals surface area contributed by atoms with Gasteiger partial charge in [-0.3, -0.25) is 9.48 Å². The highest BCUT2D eigenvalue weighted by Gasteiger charge is 2.41. The molecule has 2 N–H and O–H groups in total. The van der Waals surface area contributed by atoms with E-state index in [-0.39, 0.29) is 16.8 Å². The Morgan fingerprint density at radius 2 is 1.78 bits per heavy atom. The lowest BCUT2D eigenvalue weighted by Crippen LogP contribution is -2.18. The van der Waals surface area contributed by atoms with Crippen LogP contribution < -0.4 is 5.73 Å². The van der Waals surface area contributed by atoms with Gasteiger partial charge in [0.1, 0.15) is 5.82 Å². The quantitative estimate of drug-likeness (QED) is 0.653. The highest BCUT2D eigenvalue weighted by Crippen LogP contribution is 2.40. The summed E-state index contributed by atoms with van der Waals surface area (Å²) in [7, 11) is 1.23. The van der Waals surface area contributed by atoms with Crippen molar-refractivity contribution in [3.8, 4) is 22.4 Å². The molecule has 0 radical (unpaired) electrons. The third-order valence-corrected chi connectivity index (χ3v) is 4.22. The van der Waals surface area contributed by atoms with Gasteiger partial charge in [0.05, 0.1) is 11.3 Å². The van der Waals surface area contributed by atoms with Crippen molar-refractivity contribution < 1.29 is 22.4 Å². The summed E-state index contributed by atoms with van der Waals surface area (Å²) in [5.41, 5.74) is 3.18. The molecule has 0 aliphatic rings. The second kappa shape index (κ2) is 6.70. The molecular formula is C18H12ClF4N3O. The fourth-order valence-corrected chi connectivity index (χ4v) is 3.02. The number of hydrogen-bond acceptors (Lipinski definition) is 2. The Bertz CT molecular complexity index is 1030. The molecule has 4 nitrogen and oxygen atoms in total. The lowest BCUT2D eigenvalue weighted by atomic mass is 9.94. The third kappa shape index (κ3) is 3.40. The number of halogens is 5. The number of rotatable bonds is 3. The van der Waals surface area contributed by atoms with Crippen molar-refractivity contribution in [3.63, 3.8) is 0 Å². The zero-order chi connectivity index (χ0) is 19.9. The highest BCUT2D eigenvalue weighted by molar-refractivity contribution is 6.30. The number of aryl methyl sites for hydroxylation is 1. The van der Waals surface area contributed by atoms with Crippen molar-refractivity contribution in [1.29, 1.82) is 0 Å². The average molecular weight is 398 g/mol. The van der Waals surface area contributed by atoms with Crippen LogP contribution in [0.4, 0.5) is 17.6 Å². The van der Waals surface area contributed by atoms with Crippen molar-refractivity contribution in [2.75, 3.05) is 0 Å². The summed E-state index contributed by atoms with van der Waals surface area (Å²) in [6.07, 6.45) is -4.89. The smallest absolute Gasteiger partial charge is 0.365 e. The van der Waals surface area contributed by atoms with Crippen LogP contribution in [0.25, 0.3) is 22.4 Å². The fourth-order valence-electron chi connectivity index (χ4n) is 2.90. The predicted molar refractivity (Wildman–Crippen MR) is 92.6 cm³/mol. The van der Waals surface area contributed by atoms with Gasteiger partial charge in [-0.2, -0.15) is 18.3 Å². The van der Waals surface area contributed by atoms with Crippen LogP contribution in [0.3, 0.4) is 0 Å². The summed E-state index contributed by atoms with van der Waals surface area (Å²) in [5.74, 6) is -1.99. The molecule has 3 rings (SSSR count). The maximum Gasteiger partial charge on any atom is 0.435 e. The number of amides is 1. The topological polar surface area (TPSA) is 60.9 Å². The normalized spacial score (nSPS) is 11.6. The first-order chi connectivity index (χ1) is 12.6. The third-order valence-electron chi connectivity index (χ3n) is 3.96. The molecule has 0 bridgehead atoms. The number of carbonyl (C=O) groups is 1. The molecule has 27 heavy (non-hydrogen) atoms. The highest BCUT2D eigenvalue weighted by atomic mass is 35.5.